The summed E-state index contributed by atoms with van der Waals surface area (Å²) in [6.07, 6.45) is 1.67. The van der Waals surface area contributed by atoms with Crippen molar-refractivity contribution in [3.8, 4) is 17.0 Å². The van der Waals surface area contributed by atoms with E-state index in [0.29, 0.717) is 24.6 Å². The number of hydrogen-bond acceptors (Lipinski definition) is 6. The van der Waals surface area contributed by atoms with Crippen molar-refractivity contribution < 1.29 is 9.53 Å². The molecule has 3 aromatic rings. The van der Waals surface area contributed by atoms with Gasteiger partial charge < -0.3 is 15.8 Å². The van der Waals surface area contributed by atoms with Crippen LogP contribution < -0.4 is 15.8 Å². The fraction of sp³-hybridized carbons (Fsp3) is 0.158. The van der Waals surface area contributed by atoms with Crippen molar-refractivity contribution in [1.29, 1.82) is 0 Å². The van der Waals surface area contributed by atoms with Crippen LogP contribution in [0.5, 0.6) is 5.75 Å². The molecule has 0 saturated heterocycles. The summed E-state index contributed by atoms with van der Waals surface area (Å²) in [5.74, 6) is 0.352. The summed E-state index contributed by atoms with van der Waals surface area (Å²) in [6, 6.07) is 14.6. The van der Waals surface area contributed by atoms with E-state index in [9.17, 15) is 4.79 Å². The molecule has 0 bridgehead atoms. The van der Waals surface area contributed by atoms with Gasteiger partial charge in [-0.05, 0) is 37.3 Å². The standard InChI is InChI=1S/C19H19N5O2/c1-2-26-17-9-4-3-8-14(17)15-11-16(24-19(20)23-15)18(25)22-12-13-7-5-6-10-21-13/h3-11H,2,12H2,1H3,(H,22,25)(H2,20,23,24). The zero-order valence-corrected chi connectivity index (χ0v) is 14.3. The van der Waals surface area contributed by atoms with Crippen molar-refractivity contribution in [2.75, 3.05) is 12.3 Å². The van der Waals surface area contributed by atoms with E-state index >= 15 is 0 Å². The summed E-state index contributed by atoms with van der Waals surface area (Å²) in [7, 11) is 0. The number of para-hydroxylation sites is 1. The number of pyridine rings is 1. The second-order valence-electron chi connectivity index (χ2n) is 5.43. The van der Waals surface area contributed by atoms with Crippen LogP contribution in [-0.2, 0) is 6.54 Å². The van der Waals surface area contributed by atoms with E-state index in [4.69, 9.17) is 10.5 Å². The van der Waals surface area contributed by atoms with Gasteiger partial charge in [0.15, 0.2) is 0 Å². The second kappa shape index (κ2) is 8.06. The Hall–Kier alpha value is -3.48. The van der Waals surface area contributed by atoms with Crippen LogP contribution >= 0.6 is 0 Å². The molecule has 0 radical (unpaired) electrons. The first kappa shape index (κ1) is 17.3. The van der Waals surface area contributed by atoms with Crippen LogP contribution in [0.4, 0.5) is 5.95 Å². The van der Waals surface area contributed by atoms with Gasteiger partial charge in [0.2, 0.25) is 5.95 Å². The first-order valence-electron chi connectivity index (χ1n) is 8.22. The Labute approximate surface area is 151 Å². The van der Waals surface area contributed by atoms with Crippen LogP contribution in [0.3, 0.4) is 0 Å². The Balaban J connectivity index is 1.85. The van der Waals surface area contributed by atoms with Crippen molar-refractivity contribution in [2.45, 2.75) is 13.5 Å². The zero-order chi connectivity index (χ0) is 18.4. The van der Waals surface area contributed by atoms with Crippen molar-refractivity contribution in [3.63, 3.8) is 0 Å². The largest absolute Gasteiger partial charge is 0.493 e. The Morgan fingerprint density at radius 1 is 1.15 bits per heavy atom. The maximum Gasteiger partial charge on any atom is 0.270 e. The van der Waals surface area contributed by atoms with Crippen LogP contribution in [0, 0.1) is 0 Å². The molecule has 26 heavy (non-hydrogen) atoms. The molecule has 0 unspecified atom stereocenters. The van der Waals surface area contributed by atoms with Crippen LogP contribution in [-0.4, -0.2) is 27.5 Å². The minimum atomic E-state index is -0.347. The maximum atomic E-state index is 12.4. The molecule has 1 amide bonds. The number of nitrogens with zero attached hydrogens (tertiary/aromatic N) is 3. The summed E-state index contributed by atoms with van der Waals surface area (Å²) >= 11 is 0. The number of carbonyl (C=O) groups excluding carboxylic acids is 1. The molecule has 2 heterocycles. The summed E-state index contributed by atoms with van der Waals surface area (Å²) in [5, 5.41) is 2.78. The molecule has 3 N–H and O–H groups in total. The molecular formula is C19H19N5O2. The van der Waals surface area contributed by atoms with Crippen molar-refractivity contribution in [2.24, 2.45) is 0 Å². The number of nitrogens with one attached hydrogen (secondary N) is 1. The van der Waals surface area contributed by atoms with Crippen LogP contribution in [0.15, 0.2) is 54.7 Å². The average molecular weight is 349 g/mol. The topological polar surface area (TPSA) is 103 Å². The lowest BCUT2D eigenvalue weighted by Crippen LogP contribution is -2.24. The summed E-state index contributed by atoms with van der Waals surface area (Å²) < 4.78 is 5.63. The quantitative estimate of drug-likeness (QED) is 0.708. The Bertz CT molecular complexity index is 899. The third kappa shape index (κ3) is 4.13. The molecule has 0 aliphatic heterocycles. The predicted octanol–water partition coefficient (Wildman–Crippen LogP) is 2.45. The molecule has 0 aliphatic carbocycles. The van der Waals surface area contributed by atoms with Gasteiger partial charge in [-0.2, -0.15) is 0 Å². The molecule has 7 nitrogen and oxygen atoms in total. The Morgan fingerprint density at radius 2 is 1.96 bits per heavy atom. The molecular weight excluding hydrogens is 330 g/mol. The highest BCUT2D eigenvalue weighted by atomic mass is 16.5. The first-order chi connectivity index (χ1) is 12.7. The van der Waals surface area contributed by atoms with Gasteiger partial charge in [-0.3, -0.25) is 9.78 Å². The van der Waals surface area contributed by atoms with Crippen molar-refractivity contribution >= 4 is 11.9 Å². The van der Waals surface area contributed by atoms with E-state index < -0.39 is 0 Å². The van der Waals surface area contributed by atoms with Crippen LogP contribution in [0.2, 0.25) is 0 Å². The second-order valence-corrected chi connectivity index (χ2v) is 5.43. The van der Waals surface area contributed by atoms with Gasteiger partial charge >= 0.3 is 0 Å². The summed E-state index contributed by atoms with van der Waals surface area (Å²) in [6.45, 7) is 2.73. The number of amides is 1. The van der Waals surface area contributed by atoms with Crippen LogP contribution in [0.25, 0.3) is 11.3 Å². The average Bonchev–Trinajstić information content (AvgIpc) is 2.67. The fourth-order valence-electron chi connectivity index (χ4n) is 2.44. The zero-order valence-electron chi connectivity index (χ0n) is 14.3. The van der Waals surface area contributed by atoms with Gasteiger partial charge in [0.25, 0.3) is 5.91 Å². The SMILES string of the molecule is CCOc1ccccc1-c1cc(C(=O)NCc2ccccn2)nc(N)n1. The van der Waals surface area contributed by atoms with E-state index in [1.165, 1.54) is 0 Å². The van der Waals surface area contributed by atoms with Gasteiger partial charge in [0.05, 0.1) is 24.5 Å². The molecule has 0 spiro atoms. The number of rotatable bonds is 6. The molecule has 3 rings (SSSR count). The minimum Gasteiger partial charge on any atom is -0.493 e. The van der Waals surface area contributed by atoms with E-state index in [-0.39, 0.29) is 17.5 Å². The fourth-order valence-corrected chi connectivity index (χ4v) is 2.44. The van der Waals surface area contributed by atoms with E-state index in [0.717, 1.165) is 11.3 Å². The molecule has 0 fully saturated rings. The molecule has 0 saturated carbocycles. The lowest BCUT2D eigenvalue weighted by Gasteiger charge is -2.11. The lowest BCUT2D eigenvalue weighted by molar-refractivity contribution is 0.0945. The van der Waals surface area contributed by atoms with E-state index in [1.807, 2.05) is 49.4 Å². The van der Waals surface area contributed by atoms with Gasteiger partial charge in [0, 0.05) is 11.8 Å². The first-order valence-corrected chi connectivity index (χ1v) is 8.22. The number of ether oxygens (including phenoxy) is 1. The van der Waals surface area contributed by atoms with Gasteiger partial charge in [0.1, 0.15) is 11.4 Å². The monoisotopic (exact) mass is 349 g/mol. The highest BCUT2D eigenvalue weighted by molar-refractivity contribution is 5.93. The van der Waals surface area contributed by atoms with Crippen molar-refractivity contribution in [3.05, 3.63) is 66.1 Å². The Morgan fingerprint density at radius 3 is 2.73 bits per heavy atom. The normalized spacial score (nSPS) is 10.3. The summed E-state index contributed by atoms with van der Waals surface area (Å²) in [5.41, 5.74) is 8.04. The summed E-state index contributed by atoms with van der Waals surface area (Å²) in [4.78, 5) is 24.9. The lowest BCUT2D eigenvalue weighted by atomic mass is 10.1. The highest BCUT2D eigenvalue weighted by Crippen LogP contribution is 2.29. The maximum absolute atomic E-state index is 12.4. The highest BCUT2D eigenvalue weighted by Gasteiger charge is 2.14. The molecule has 2 aromatic heterocycles. The number of hydrogen-bond donors (Lipinski definition) is 2. The number of carbonyl (C=O) groups is 1. The van der Waals surface area contributed by atoms with E-state index in [2.05, 4.69) is 20.3 Å². The third-order valence-corrected chi connectivity index (χ3v) is 3.60. The number of anilines is 1. The van der Waals surface area contributed by atoms with Gasteiger partial charge in [-0.25, -0.2) is 9.97 Å². The third-order valence-electron chi connectivity index (χ3n) is 3.60. The smallest absolute Gasteiger partial charge is 0.270 e. The number of benzene rings is 1. The molecule has 1 aromatic carbocycles. The number of nitrogen functional groups attached to an aromatic ring is 1. The molecule has 0 aliphatic rings. The number of aromatic nitrogens is 3. The van der Waals surface area contributed by atoms with Gasteiger partial charge in [-0.15, -0.1) is 0 Å². The minimum absolute atomic E-state index is 0.0248. The molecule has 132 valence electrons. The molecule has 7 heteroatoms. The number of nitrogens with two attached hydrogens (primary N) is 1. The van der Waals surface area contributed by atoms with Gasteiger partial charge in [-0.1, -0.05) is 18.2 Å². The molecule has 0 atom stereocenters. The Kier molecular flexibility index (Phi) is 5.38. The van der Waals surface area contributed by atoms with Crippen LogP contribution in [0.1, 0.15) is 23.1 Å². The van der Waals surface area contributed by atoms with Crippen molar-refractivity contribution in [1.82, 2.24) is 20.3 Å². The predicted molar refractivity (Wildman–Crippen MR) is 98.5 cm³/mol. The van der Waals surface area contributed by atoms with E-state index in [1.54, 1.807) is 12.3 Å².